The predicted molar refractivity (Wildman–Crippen MR) is 79.6 cm³/mol. The van der Waals surface area contributed by atoms with Crippen LogP contribution in [0, 0.1) is 0 Å². The number of hydrogen-bond acceptors (Lipinski definition) is 3. The van der Waals surface area contributed by atoms with Gasteiger partial charge in [-0.05, 0) is 19.4 Å². The van der Waals surface area contributed by atoms with Gasteiger partial charge in [-0.3, -0.25) is 4.79 Å². The molecule has 2 atom stereocenters. The standard InChI is InChI=1S/C15H21ClN2O2/c1-11(17)6-7-15(19)18-8-9-20-14(10-18)12-4-2-3-5-13(12)16/h2-5,11,14H,6-10,17H2,1H3. The Balaban J connectivity index is 1.98. The van der Waals surface area contributed by atoms with E-state index in [9.17, 15) is 4.79 Å². The van der Waals surface area contributed by atoms with Crippen LogP contribution in [0.5, 0.6) is 0 Å². The Morgan fingerprint density at radius 2 is 2.30 bits per heavy atom. The van der Waals surface area contributed by atoms with E-state index in [1.807, 2.05) is 36.1 Å². The molecule has 1 aliphatic rings. The lowest BCUT2D eigenvalue weighted by Gasteiger charge is -2.33. The monoisotopic (exact) mass is 296 g/mol. The molecule has 5 heteroatoms. The van der Waals surface area contributed by atoms with Crippen molar-refractivity contribution in [2.45, 2.75) is 31.9 Å². The molecule has 0 aliphatic carbocycles. The van der Waals surface area contributed by atoms with E-state index in [4.69, 9.17) is 22.1 Å². The zero-order chi connectivity index (χ0) is 14.5. The van der Waals surface area contributed by atoms with Crippen molar-refractivity contribution in [3.05, 3.63) is 34.9 Å². The summed E-state index contributed by atoms with van der Waals surface area (Å²) in [5.74, 6) is 0.141. The highest BCUT2D eigenvalue weighted by Gasteiger charge is 2.26. The van der Waals surface area contributed by atoms with Gasteiger partial charge in [0, 0.05) is 29.6 Å². The summed E-state index contributed by atoms with van der Waals surface area (Å²) in [5, 5.41) is 0.683. The first-order chi connectivity index (χ1) is 9.58. The van der Waals surface area contributed by atoms with E-state index >= 15 is 0 Å². The largest absolute Gasteiger partial charge is 0.370 e. The van der Waals surface area contributed by atoms with Crippen LogP contribution in [0.25, 0.3) is 0 Å². The van der Waals surface area contributed by atoms with Gasteiger partial charge in [0.1, 0.15) is 6.10 Å². The molecule has 0 bridgehead atoms. The van der Waals surface area contributed by atoms with E-state index in [2.05, 4.69) is 0 Å². The van der Waals surface area contributed by atoms with E-state index in [1.54, 1.807) is 0 Å². The summed E-state index contributed by atoms with van der Waals surface area (Å²) in [6.45, 7) is 3.65. The minimum Gasteiger partial charge on any atom is -0.370 e. The van der Waals surface area contributed by atoms with E-state index in [-0.39, 0.29) is 18.1 Å². The van der Waals surface area contributed by atoms with Crippen molar-refractivity contribution in [3.63, 3.8) is 0 Å². The van der Waals surface area contributed by atoms with Crippen LogP contribution in [-0.2, 0) is 9.53 Å². The highest BCUT2D eigenvalue weighted by Crippen LogP contribution is 2.28. The summed E-state index contributed by atoms with van der Waals surface area (Å²) in [4.78, 5) is 14.0. The molecule has 2 unspecified atom stereocenters. The van der Waals surface area contributed by atoms with Crippen molar-refractivity contribution in [3.8, 4) is 0 Å². The maximum atomic E-state index is 12.1. The zero-order valence-electron chi connectivity index (χ0n) is 11.7. The lowest BCUT2D eigenvalue weighted by Crippen LogP contribution is -2.42. The first-order valence-corrected chi connectivity index (χ1v) is 7.35. The van der Waals surface area contributed by atoms with Gasteiger partial charge in [-0.25, -0.2) is 0 Å². The highest BCUT2D eigenvalue weighted by atomic mass is 35.5. The van der Waals surface area contributed by atoms with Crippen molar-refractivity contribution in [2.75, 3.05) is 19.7 Å². The number of benzene rings is 1. The second kappa shape index (κ2) is 7.07. The summed E-state index contributed by atoms with van der Waals surface area (Å²) in [6.07, 6.45) is 1.07. The van der Waals surface area contributed by atoms with Crippen LogP contribution in [0.2, 0.25) is 5.02 Å². The van der Waals surface area contributed by atoms with Gasteiger partial charge in [-0.15, -0.1) is 0 Å². The topological polar surface area (TPSA) is 55.6 Å². The summed E-state index contributed by atoms with van der Waals surface area (Å²) >= 11 is 6.19. The Labute approximate surface area is 124 Å². The van der Waals surface area contributed by atoms with Crippen LogP contribution in [0.3, 0.4) is 0 Å². The molecule has 1 aromatic rings. The normalized spacial score (nSPS) is 20.8. The molecule has 1 fully saturated rings. The number of morpholine rings is 1. The molecular formula is C15H21ClN2O2. The number of ether oxygens (including phenoxy) is 1. The second-order valence-electron chi connectivity index (χ2n) is 5.24. The van der Waals surface area contributed by atoms with Crippen molar-refractivity contribution in [1.29, 1.82) is 0 Å². The van der Waals surface area contributed by atoms with E-state index in [0.29, 0.717) is 37.6 Å². The first kappa shape index (κ1) is 15.3. The Bertz CT molecular complexity index is 465. The number of nitrogens with zero attached hydrogens (tertiary/aromatic N) is 1. The van der Waals surface area contributed by atoms with Gasteiger partial charge < -0.3 is 15.4 Å². The average molecular weight is 297 g/mol. The molecular weight excluding hydrogens is 276 g/mol. The number of amides is 1. The second-order valence-corrected chi connectivity index (χ2v) is 5.64. The summed E-state index contributed by atoms with van der Waals surface area (Å²) in [6, 6.07) is 7.67. The van der Waals surface area contributed by atoms with E-state index in [0.717, 1.165) is 5.56 Å². The molecule has 2 rings (SSSR count). The average Bonchev–Trinajstić information content (AvgIpc) is 2.45. The van der Waals surface area contributed by atoms with E-state index in [1.165, 1.54) is 0 Å². The minimum atomic E-state index is -0.142. The molecule has 0 aromatic heterocycles. The van der Waals surface area contributed by atoms with Gasteiger partial charge in [-0.2, -0.15) is 0 Å². The molecule has 1 aliphatic heterocycles. The third-order valence-corrected chi connectivity index (χ3v) is 3.83. The van der Waals surface area contributed by atoms with Crippen LogP contribution < -0.4 is 5.73 Å². The third kappa shape index (κ3) is 3.95. The van der Waals surface area contributed by atoms with Gasteiger partial charge in [0.15, 0.2) is 0 Å². The Hall–Kier alpha value is -1.10. The molecule has 20 heavy (non-hydrogen) atoms. The fraction of sp³-hybridized carbons (Fsp3) is 0.533. The molecule has 0 spiro atoms. The van der Waals surface area contributed by atoms with Crippen molar-refractivity contribution in [1.82, 2.24) is 4.90 Å². The van der Waals surface area contributed by atoms with Crippen molar-refractivity contribution >= 4 is 17.5 Å². The predicted octanol–water partition coefficient (Wildman–Crippen LogP) is 2.37. The van der Waals surface area contributed by atoms with Crippen molar-refractivity contribution < 1.29 is 9.53 Å². The summed E-state index contributed by atoms with van der Waals surface area (Å²) in [7, 11) is 0. The van der Waals surface area contributed by atoms with Crippen LogP contribution in [0.4, 0.5) is 0 Å². The number of carbonyl (C=O) groups is 1. The molecule has 4 nitrogen and oxygen atoms in total. The van der Waals surface area contributed by atoms with E-state index < -0.39 is 0 Å². The van der Waals surface area contributed by atoms with Crippen LogP contribution in [0.15, 0.2) is 24.3 Å². The summed E-state index contributed by atoms with van der Waals surface area (Å²) < 4.78 is 5.75. The SMILES string of the molecule is CC(N)CCC(=O)N1CCOC(c2ccccc2Cl)C1. The number of hydrogen-bond donors (Lipinski definition) is 1. The Kier molecular flexibility index (Phi) is 5.40. The fourth-order valence-corrected chi connectivity index (χ4v) is 2.57. The van der Waals surface area contributed by atoms with Gasteiger partial charge in [0.2, 0.25) is 5.91 Å². The summed E-state index contributed by atoms with van der Waals surface area (Å²) in [5.41, 5.74) is 6.64. The maximum Gasteiger partial charge on any atom is 0.222 e. The molecule has 1 saturated heterocycles. The number of carbonyl (C=O) groups excluding carboxylic acids is 1. The lowest BCUT2D eigenvalue weighted by atomic mass is 10.1. The van der Waals surface area contributed by atoms with Gasteiger partial charge >= 0.3 is 0 Å². The lowest BCUT2D eigenvalue weighted by molar-refractivity contribution is -0.139. The first-order valence-electron chi connectivity index (χ1n) is 6.97. The Morgan fingerprint density at radius 1 is 1.55 bits per heavy atom. The fourth-order valence-electron chi connectivity index (χ4n) is 2.31. The molecule has 0 saturated carbocycles. The zero-order valence-corrected chi connectivity index (χ0v) is 12.5. The quantitative estimate of drug-likeness (QED) is 0.928. The van der Waals surface area contributed by atoms with Gasteiger partial charge in [0.05, 0.1) is 13.2 Å². The minimum absolute atomic E-state index is 0.0550. The van der Waals surface area contributed by atoms with Gasteiger partial charge in [0.25, 0.3) is 0 Å². The van der Waals surface area contributed by atoms with Crippen LogP contribution in [-0.4, -0.2) is 36.5 Å². The Morgan fingerprint density at radius 3 is 3.00 bits per heavy atom. The van der Waals surface area contributed by atoms with Gasteiger partial charge in [-0.1, -0.05) is 29.8 Å². The smallest absolute Gasteiger partial charge is 0.222 e. The molecule has 110 valence electrons. The molecule has 1 heterocycles. The number of nitrogens with two attached hydrogens (primary N) is 1. The third-order valence-electron chi connectivity index (χ3n) is 3.48. The number of halogens is 1. The molecule has 1 amide bonds. The highest BCUT2D eigenvalue weighted by molar-refractivity contribution is 6.31. The van der Waals surface area contributed by atoms with Crippen LogP contribution >= 0.6 is 11.6 Å². The van der Waals surface area contributed by atoms with Crippen molar-refractivity contribution in [2.24, 2.45) is 5.73 Å². The number of rotatable bonds is 4. The maximum absolute atomic E-state index is 12.1. The molecule has 0 radical (unpaired) electrons. The molecule has 1 aromatic carbocycles. The van der Waals surface area contributed by atoms with Crippen LogP contribution in [0.1, 0.15) is 31.4 Å². The molecule has 2 N–H and O–H groups in total.